The van der Waals surface area contributed by atoms with Crippen molar-refractivity contribution < 1.29 is 13.7 Å². The Bertz CT molecular complexity index is 1440. The molecule has 1 fully saturated rings. The van der Waals surface area contributed by atoms with Crippen molar-refractivity contribution in [3.8, 4) is 5.69 Å². The Morgan fingerprint density at radius 3 is 2.85 bits per heavy atom. The summed E-state index contributed by atoms with van der Waals surface area (Å²) in [4.78, 5) is 48.3. The second-order valence-corrected chi connectivity index (χ2v) is 8.14. The number of nitrogens with zero attached hydrogens (tertiary/aromatic N) is 6. The van der Waals surface area contributed by atoms with Crippen molar-refractivity contribution in [2.45, 2.75) is 32.7 Å². The topological polar surface area (TPSA) is 127 Å². The SMILES string of the molecule is [2H]C([2H])([2H])CC(=O)c1cnc(NC(=O)C2CC2)cc1Nc1nccc2c1N(C)Cc1nn(C)c(=O)n1-2. The molecule has 0 atom stereocenters. The van der Waals surface area contributed by atoms with Gasteiger partial charge in [-0.3, -0.25) is 9.59 Å². The van der Waals surface area contributed by atoms with Gasteiger partial charge in [0.25, 0.3) is 0 Å². The van der Waals surface area contributed by atoms with Crippen LogP contribution in [0.3, 0.4) is 0 Å². The lowest BCUT2D eigenvalue weighted by atomic mass is 10.1. The molecule has 3 aromatic rings. The van der Waals surface area contributed by atoms with Crippen LogP contribution >= 0.6 is 0 Å². The molecule has 1 aliphatic heterocycles. The maximum absolute atomic E-state index is 12.9. The van der Waals surface area contributed by atoms with E-state index in [-0.39, 0.29) is 34.6 Å². The fourth-order valence-electron chi connectivity index (χ4n) is 3.89. The molecule has 4 heterocycles. The predicted octanol–water partition coefficient (Wildman–Crippen LogP) is 2.00. The van der Waals surface area contributed by atoms with E-state index >= 15 is 0 Å². The summed E-state index contributed by atoms with van der Waals surface area (Å²) in [6.07, 6.45) is 3.72. The summed E-state index contributed by atoms with van der Waals surface area (Å²) >= 11 is 0. The van der Waals surface area contributed by atoms with Crippen LogP contribution in [0.4, 0.5) is 23.0 Å². The number of aryl methyl sites for hydroxylation is 1. The molecule has 3 aromatic heterocycles. The van der Waals surface area contributed by atoms with Gasteiger partial charge in [-0.05, 0) is 18.9 Å². The van der Waals surface area contributed by atoms with Gasteiger partial charge in [0, 0.05) is 49.0 Å². The van der Waals surface area contributed by atoms with Crippen LogP contribution in [0.15, 0.2) is 29.3 Å². The predicted molar refractivity (Wildman–Crippen MR) is 122 cm³/mol. The van der Waals surface area contributed by atoms with Crippen molar-refractivity contribution >= 4 is 34.7 Å². The van der Waals surface area contributed by atoms with Gasteiger partial charge in [-0.25, -0.2) is 24.0 Å². The van der Waals surface area contributed by atoms with E-state index in [0.29, 0.717) is 29.6 Å². The Hall–Kier alpha value is -4.02. The molecule has 170 valence electrons. The Labute approximate surface area is 193 Å². The Morgan fingerprint density at radius 1 is 1.27 bits per heavy atom. The van der Waals surface area contributed by atoms with Crippen LogP contribution in [-0.4, -0.2) is 43.1 Å². The minimum atomic E-state index is -2.46. The third-order valence-electron chi connectivity index (χ3n) is 5.71. The second kappa shape index (κ2) is 7.84. The first-order valence-electron chi connectivity index (χ1n) is 12.0. The van der Waals surface area contributed by atoms with Crippen molar-refractivity contribution in [2.24, 2.45) is 13.0 Å². The van der Waals surface area contributed by atoms with E-state index in [0.717, 1.165) is 12.8 Å². The standard InChI is InChI=1S/C22H24N8O3/c1-4-16(31)13-10-24-17(26-21(32)12-5-6-12)9-14(13)25-20-19-15(7-8-23-20)30-18(11-28(19)2)27-29(3)22(30)33/h7-10,12H,4-6,11H2,1-3H3,(H2,23,24,25,26,32)/i1D3. The van der Waals surface area contributed by atoms with Crippen LogP contribution in [0.25, 0.3) is 5.69 Å². The van der Waals surface area contributed by atoms with Gasteiger partial charge in [0.1, 0.15) is 11.5 Å². The summed E-state index contributed by atoms with van der Waals surface area (Å²) < 4.78 is 25.2. The summed E-state index contributed by atoms with van der Waals surface area (Å²) in [6, 6.07) is 3.18. The lowest BCUT2D eigenvalue weighted by molar-refractivity contribution is -0.117. The molecular formula is C22H24N8O3. The Kier molecular flexibility index (Phi) is 4.16. The second-order valence-electron chi connectivity index (χ2n) is 8.14. The van der Waals surface area contributed by atoms with Crippen LogP contribution in [0.2, 0.25) is 0 Å². The average molecular weight is 452 g/mol. The number of fused-ring (bicyclic) bond motifs is 3. The summed E-state index contributed by atoms with van der Waals surface area (Å²) in [7, 11) is 3.40. The highest BCUT2D eigenvalue weighted by atomic mass is 16.2. The third-order valence-corrected chi connectivity index (χ3v) is 5.71. The van der Waals surface area contributed by atoms with Crippen LogP contribution in [0, 0.1) is 5.92 Å². The molecule has 2 aliphatic rings. The summed E-state index contributed by atoms with van der Waals surface area (Å²) in [5, 5.41) is 10.1. The molecule has 33 heavy (non-hydrogen) atoms. The van der Waals surface area contributed by atoms with Crippen molar-refractivity contribution in [2.75, 3.05) is 22.6 Å². The van der Waals surface area contributed by atoms with Gasteiger partial charge < -0.3 is 15.5 Å². The zero-order valence-corrected chi connectivity index (χ0v) is 18.1. The zero-order chi connectivity index (χ0) is 25.8. The number of carbonyl (C=O) groups is 2. The fraction of sp³-hybridized carbons (Fsp3) is 0.364. The summed E-state index contributed by atoms with van der Waals surface area (Å²) in [5.41, 5.74) is 1.13. The largest absolute Gasteiger partial charge is 0.362 e. The minimum Gasteiger partial charge on any atom is -0.362 e. The number of ketones is 1. The lowest BCUT2D eigenvalue weighted by Crippen LogP contribution is -2.31. The van der Waals surface area contributed by atoms with E-state index in [9.17, 15) is 14.4 Å². The zero-order valence-electron chi connectivity index (χ0n) is 21.1. The molecule has 1 aliphatic carbocycles. The van der Waals surface area contributed by atoms with E-state index in [2.05, 4.69) is 25.7 Å². The van der Waals surface area contributed by atoms with Gasteiger partial charge in [0.2, 0.25) is 5.91 Å². The number of rotatable bonds is 6. The highest BCUT2D eigenvalue weighted by Gasteiger charge is 2.30. The van der Waals surface area contributed by atoms with Gasteiger partial charge in [0.15, 0.2) is 17.4 Å². The van der Waals surface area contributed by atoms with Crippen molar-refractivity contribution in [3.63, 3.8) is 0 Å². The highest BCUT2D eigenvalue weighted by molar-refractivity contribution is 6.03. The Balaban J connectivity index is 1.57. The number of carbonyl (C=O) groups excluding carboxylic acids is 2. The number of nitrogens with one attached hydrogen (secondary N) is 2. The first-order valence-corrected chi connectivity index (χ1v) is 10.5. The molecule has 0 saturated heterocycles. The van der Waals surface area contributed by atoms with E-state index in [1.54, 1.807) is 13.1 Å². The molecular weight excluding hydrogens is 424 g/mol. The third kappa shape index (κ3) is 3.65. The molecule has 5 rings (SSSR count). The molecule has 0 aromatic carbocycles. The van der Waals surface area contributed by atoms with Crippen LogP contribution in [-0.2, 0) is 18.4 Å². The van der Waals surface area contributed by atoms with Gasteiger partial charge in [-0.15, -0.1) is 0 Å². The molecule has 1 saturated carbocycles. The molecule has 0 bridgehead atoms. The molecule has 2 N–H and O–H groups in total. The number of Topliss-reactive ketones (excluding diaryl/α,β-unsaturated/α-hetero) is 1. The van der Waals surface area contributed by atoms with Crippen LogP contribution in [0.1, 0.15) is 46.4 Å². The fourth-order valence-corrected chi connectivity index (χ4v) is 3.89. The van der Waals surface area contributed by atoms with Gasteiger partial charge >= 0.3 is 5.69 Å². The van der Waals surface area contributed by atoms with Gasteiger partial charge in [-0.2, -0.15) is 5.10 Å². The molecule has 11 nitrogen and oxygen atoms in total. The number of pyridine rings is 2. The van der Waals surface area contributed by atoms with Crippen LogP contribution < -0.4 is 21.2 Å². The minimum absolute atomic E-state index is 0.0487. The number of amides is 1. The first kappa shape index (κ1) is 17.5. The van der Waals surface area contributed by atoms with Crippen molar-refractivity contribution in [3.05, 3.63) is 46.4 Å². The maximum Gasteiger partial charge on any atom is 0.350 e. The van der Waals surface area contributed by atoms with Crippen molar-refractivity contribution in [1.82, 2.24) is 24.3 Å². The smallest absolute Gasteiger partial charge is 0.350 e. The molecule has 0 radical (unpaired) electrons. The number of hydrogen-bond acceptors (Lipinski definition) is 8. The molecule has 0 unspecified atom stereocenters. The maximum atomic E-state index is 12.9. The highest BCUT2D eigenvalue weighted by Crippen LogP contribution is 2.37. The lowest BCUT2D eigenvalue weighted by Gasteiger charge is -2.29. The summed E-state index contributed by atoms with van der Waals surface area (Å²) in [5.74, 6) is 0.289. The molecule has 1 amide bonds. The van der Waals surface area contributed by atoms with Crippen LogP contribution in [0.5, 0.6) is 0 Å². The normalized spacial score (nSPS) is 16.2. The average Bonchev–Trinajstić information content (AvgIpc) is 3.59. The number of hydrogen-bond donors (Lipinski definition) is 2. The monoisotopic (exact) mass is 451 g/mol. The van der Waals surface area contributed by atoms with E-state index in [1.165, 1.54) is 27.7 Å². The van der Waals surface area contributed by atoms with Gasteiger partial charge in [-0.1, -0.05) is 6.85 Å². The molecule has 0 spiro atoms. The van der Waals surface area contributed by atoms with E-state index in [1.807, 2.05) is 11.9 Å². The van der Waals surface area contributed by atoms with E-state index in [4.69, 9.17) is 4.11 Å². The van der Waals surface area contributed by atoms with Gasteiger partial charge in [0.05, 0.1) is 23.5 Å². The van der Waals surface area contributed by atoms with E-state index < -0.39 is 19.1 Å². The van der Waals surface area contributed by atoms with Crippen molar-refractivity contribution in [1.29, 1.82) is 0 Å². The summed E-state index contributed by atoms with van der Waals surface area (Å²) in [6.45, 7) is -2.12. The molecule has 11 heteroatoms. The number of anilines is 4. The first-order chi connectivity index (χ1) is 17.0. The quantitative estimate of drug-likeness (QED) is 0.545. The number of aromatic nitrogens is 5. The Morgan fingerprint density at radius 2 is 2.09 bits per heavy atom.